The van der Waals surface area contributed by atoms with E-state index >= 15 is 0 Å². The van der Waals surface area contributed by atoms with Crippen LogP contribution in [-0.2, 0) is 10.0 Å². The molecule has 4 nitrogen and oxygen atoms in total. The minimum Gasteiger partial charge on any atom is -0.492 e. The Bertz CT molecular complexity index is 667. The number of aryl methyl sites for hydroxylation is 1. The number of benzene rings is 1. The summed E-state index contributed by atoms with van der Waals surface area (Å²) in [7, 11) is -3.54. The van der Waals surface area contributed by atoms with Crippen LogP contribution in [0.15, 0.2) is 17.0 Å². The van der Waals surface area contributed by atoms with E-state index in [1.165, 1.54) is 0 Å². The first-order chi connectivity index (χ1) is 11.3. The van der Waals surface area contributed by atoms with Gasteiger partial charge >= 0.3 is 0 Å². The molecule has 1 atom stereocenters. The molecule has 1 aromatic rings. The smallest absolute Gasteiger partial charge is 0.247 e. The Hall–Kier alpha value is -1.07. The monoisotopic (exact) mass is 353 g/mol. The van der Waals surface area contributed by atoms with Gasteiger partial charge in [-0.05, 0) is 62.3 Å². The Morgan fingerprint density at radius 1 is 1.25 bits per heavy atom. The predicted octanol–water partition coefficient (Wildman–Crippen LogP) is 4.47. The van der Waals surface area contributed by atoms with Gasteiger partial charge in [-0.3, -0.25) is 0 Å². The van der Waals surface area contributed by atoms with Gasteiger partial charge in [-0.1, -0.05) is 27.2 Å². The van der Waals surface area contributed by atoms with Crippen molar-refractivity contribution in [3.8, 4) is 5.75 Å². The average Bonchev–Trinajstić information content (AvgIpc) is 2.54. The van der Waals surface area contributed by atoms with Crippen molar-refractivity contribution in [2.24, 2.45) is 0 Å². The molecule has 1 unspecified atom stereocenters. The summed E-state index contributed by atoms with van der Waals surface area (Å²) in [4.78, 5) is 0.332. The molecule has 0 bridgehead atoms. The number of hydrogen-bond donors (Lipinski definition) is 0. The van der Waals surface area contributed by atoms with Crippen molar-refractivity contribution in [3.63, 3.8) is 0 Å². The van der Waals surface area contributed by atoms with Gasteiger partial charge in [-0.15, -0.1) is 0 Å². The van der Waals surface area contributed by atoms with Crippen LogP contribution < -0.4 is 4.74 Å². The Morgan fingerprint density at radius 2 is 1.96 bits per heavy atom. The summed E-state index contributed by atoms with van der Waals surface area (Å²) in [6.45, 7) is 11.2. The first kappa shape index (κ1) is 19.3. The van der Waals surface area contributed by atoms with Crippen molar-refractivity contribution >= 4 is 10.0 Å². The molecule has 5 heteroatoms. The molecule has 1 aliphatic heterocycles. The molecule has 136 valence electrons. The van der Waals surface area contributed by atoms with Gasteiger partial charge in [0.2, 0.25) is 10.0 Å². The first-order valence-corrected chi connectivity index (χ1v) is 10.6. The van der Waals surface area contributed by atoms with Crippen LogP contribution >= 0.6 is 0 Å². The van der Waals surface area contributed by atoms with Crippen molar-refractivity contribution in [3.05, 3.63) is 23.3 Å². The molecule has 0 amide bonds. The number of hydrogen-bond acceptors (Lipinski definition) is 3. The van der Waals surface area contributed by atoms with E-state index in [2.05, 4.69) is 20.8 Å². The Balaban J connectivity index is 2.56. The topological polar surface area (TPSA) is 46.6 Å². The Morgan fingerprint density at radius 3 is 2.54 bits per heavy atom. The van der Waals surface area contributed by atoms with Crippen LogP contribution in [-0.4, -0.2) is 31.9 Å². The first-order valence-electron chi connectivity index (χ1n) is 9.12. The molecular formula is C19H31NO3S. The van der Waals surface area contributed by atoms with Gasteiger partial charge in [-0.25, -0.2) is 8.42 Å². The van der Waals surface area contributed by atoms with Crippen molar-refractivity contribution in [1.29, 1.82) is 0 Å². The molecule has 1 fully saturated rings. The quantitative estimate of drug-likeness (QED) is 0.758. The van der Waals surface area contributed by atoms with Crippen molar-refractivity contribution in [2.75, 3.05) is 13.2 Å². The summed E-state index contributed by atoms with van der Waals surface area (Å²) in [5, 5.41) is 0. The molecule has 24 heavy (non-hydrogen) atoms. The molecule has 0 spiro atoms. The van der Waals surface area contributed by atoms with Crippen molar-refractivity contribution in [1.82, 2.24) is 4.31 Å². The molecule has 1 aromatic carbocycles. The van der Waals surface area contributed by atoms with Gasteiger partial charge in [0.25, 0.3) is 0 Å². The zero-order valence-corrected chi connectivity index (χ0v) is 16.4. The summed E-state index contributed by atoms with van der Waals surface area (Å²) in [5.41, 5.74) is 2.15. The van der Waals surface area contributed by atoms with Gasteiger partial charge in [0.05, 0.1) is 6.61 Å². The van der Waals surface area contributed by atoms with Crippen LogP contribution in [0.2, 0.25) is 0 Å². The maximum atomic E-state index is 13.4. The highest BCUT2D eigenvalue weighted by Gasteiger charge is 2.35. The SMILES string of the molecule is CCOc1cc(C)c(C(C)C)cc1S(=O)(=O)N1CCCCC1CC. The summed E-state index contributed by atoms with van der Waals surface area (Å²) >= 11 is 0. The second-order valence-electron chi connectivity index (χ2n) is 6.92. The zero-order valence-electron chi connectivity index (χ0n) is 15.6. The second-order valence-corrected chi connectivity index (χ2v) is 8.78. The third kappa shape index (κ3) is 3.77. The van der Waals surface area contributed by atoms with E-state index in [0.717, 1.165) is 36.8 Å². The largest absolute Gasteiger partial charge is 0.492 e. The van der Waals surface area contributed by atoms with Crippen LogP contribution in [0.4, 0.5) is 0 Å². The van der Waals surface area contributed by atoms with E-state index < -0.39 is 10.0 Å². The number of nitrogens with zero attached hydrogens (tertiary/aromatic N) is 1. The van der Waals surface area contributed by atoms with Crippen LogP contribution in [0, 0.1) is 6.92 Å². The van der Waals surface area contributed by atoms with Gasteiger partial charge < -0.3 is 4.74 Å². The minimum absolute atomic E-state index is 0.0991. The second kappa shape index (κ2) is 7.87. The lowest BCUT2D eigenvalue weighted by molar-refractivity contribution is 0.245. The van der Waals surface area contributed by atoms with Gasteiger partial charge in [0.15, 0.2) is 0 Å². The molecule has 0 N–H and O–H groups in total. The van der Waals surface area contributed by atoms with Gasteiger partial charge in [-0.2, -0.15) is 4.31 Å². The van der Waals surface area contributed by atoms with E-state index in [1.807, 2.05) is 26.0 Å². The van der Waals surface area contributed by atoms with Crippen LogP contribution in [0.1, 0.15) is 70.4 Å². The maximum absolute atomic E-state index is 13.4. The highest BCUT2D eigenvalue weighted by molar-refractivity contribution is 7.89. The lowest BCUT2D eigenvalue weighted by Crippen LogP contribution is -2.43. The van der Waals surface area contributed by atoms with Crippen LogP contribution in [0.5, 0.6) is 5.75 Å². The zero-order chi connectivity index (χ0) is 17.9. The van der Waals surface area contributed by atoms with Gasteiger partial charge in [0, 0.05) is 12.6 Å². The van der Waals surface area contributed by atoms with E-state index in [1.54, 1.807) is 4.31 Å². The van der Waals surface area contributed by atoms with Crippen LogP contribution in [0.25, 0.3) is 0 Å². The highest BCUT2D eigenvalue weighted by atomic mass is 32.2. The molecule has 2 rings (SSSR count). The Labute approximate surface area is 147 Å². The van der Waals surface area contributed by atoms with E-state index in [4.69, 9.17) is 4.74 Å². The summed E-state index contributed by atoms with van der Waals surface area (Å²) in [6, 6.07) is 3.82. The standard InChI is InChI=1S/C19H31NO3S/c1-6-16-10-8-9-11-20(16)24(21,22)19-13-17(14(3)4)15(5)12-18(19)23-7-2/h12-14,16H,6-11H2,1-5H3. The normalized spacial score (nSPS) is 19.7. The molecule has 0 aliphatic carbocycles. The number of rotatable bonds is 6. The summed E-state index contributed by atoms with van der Waals surface area (Å²) in [5.74, 6) is 0.762. The van der Waals surface area contributed by atoms with Gasteiger partial charge in [0.1, 0.15) is 10.6 Å². The lowest BCUT2D eigenvalue weighted by atomic mass is 9.98. The molecule has 1 heterocycles. The fourth-order valence-corrected chi connectivity index (χ4v) is 5.51. The molecule has 1 saturated heterocycles. The van der Waals surface area contributed by atoms with Crippen molar-refractivity contribution < 1.29 is 13.2 Å². The predicted molar refractivity (Wildman–Crippen MR) is 98.3 cm³/mol. The molecular weight excluding hydrogens is 322 g/mol. The fraction of sp³-hybridized carbons (Fsp3) is 0.684. The molecule has 0 radical (unpaired) electrons. The minimum atomic E-state index is -3.54. The number of ether oxygens (including phenoxy) is 1. The maximum Gasteiger partial charge on any atom is 0.247 e. The highest BCUT2D eigenvalue weighted by Crippen LogP contribution is 2.35. The van der Waals surface area contributed by atoms with E-state index in [0.29, 0.717) is 23.8 Å². The third-order valence-corrected chi connectivity index (χ3v) is 6.86. The Kier molecular flexibility index (Phi) is 6.32. The molecule has 0 saturated carbocycles. The van der Waals surface area contributed by atoms with Crippen molar-refractivity contribution in [2.45, 2.75) is 77.2 Å². The average molecular weight is 354 g/mol. The molecule has 0 aromatic heterocycles. The van der Waals surface area contributed by atoms with E-state index in [-0.39, 0.29) is 12.0 Å². The number of piperidine rings is 1. The lowest BCUT2D eigenvalue weighted by Gasteiger charge is -2.34. The number of sulfonamides is 1. The van der Waals surface area contributed by atoms with E-state index in [9.17, 15) is 8.42 Å². The fourth-order valence-electron chi connectivity index (χ4n) is 3.59. The van der Waals surface area contributed by atoms with Crippen LogP contribution in [0.3, 0.4) is 0 Å². The summed E-state index contributed by atoms with van der Waals surface area (Å²) in [6.07, 6.45) is 3.84. The molecule has 1 aliphatic rings. The third-order valence-electron chi connectivity index (χ3n) is 4.89. The summed E-state index contributed by atoms with van der Waals surface area (Å²) < 4.78 is 34.2.